The van der Waals surface area contributed by atoms with Crippen LogP contribution in [-0.2, 0) is 11.8 Å². The van der Waals surface area contributed by atoms with Crippen LogP contribution in [0.25, 0.3) is 10.9 Å². The first-order valence-corrected chi connectivity index (χ1v) is 10.1. The highest BCUT2D eigenvalue weighted by atomic mass is 16.2. The van der Waals surface area contributed by atoms with Gasteiger partial charge >= 0.3 is 6.03 Å². The van der Waals surface area contributed by atoms with Gasteiger partial charge in [-0.1, -0.05) is 12.0 Å². The number of benzene rings is 1. The largest absolute Gasteiger partial charge is 0.329 e. The molecule has 0 radical (unpaired) electrons. The molecule has 29 heavy (non-hydrogen) atoms. The summed E-state index contributed by atoms with van der Waals surface area (Å²) in [5.41, 5.74) is 2.08. The average Bonchev–Trinajstić information content (AvgIpc) is 3.04. The summed E-state index contributed by atoms with van der Waals surface area (Å²) in [5.74, 6) is 3.74. The fourth-order valence-electron chi connectivity index (χ4n) is 4.34. The van der Waals surface area contributed by atoms with Crippen molar-refractivity contribution in [2.75, 3.05) is 24.5 Å². The first kappa shape index (κ1) is 19.5. The molecule has 1 aromatic carbocycles. The number of amides is 3. The van der Waals surface area contributed by atoms with Crippen LogP contribution in [0.4, 0.5) is 10.6 Å². The Kier molecular flexibility index (Phi) is 4.83. The van der Waals surface area contributed by atoms with Crippen molar-refractivity contribution in [3.05, 3.63) is 23.8 Å². The third-order valence-electron chi connectivity index (χ3n) is 6.28. The number of piperidine rings is 1. The monoisotopic (exact) mass is 393 g/mol. The van der Waals surface area contributed by atoms with Crippen molar-refractivity contribution in [2.24, 2.45) is 7.05 Å². The SMILES string of the molecule is C#CC(C)(C)N1CCC(c2ccc3c(N4CCC(=O)NC4=O)nn(C)c3c2)CC1. The number of nitrogens with zero attached hydrogens (tertiary/aromatic N) is 4. The third-order valence-corrected chi connectivity index (χ3v) is 6.28. The Morgan fingerprint density at radius 1 is 1.21 bits per heavy atom. The molecule has 3 heterocycles. The van der Waals surface area contributed by atoms with Gasteiger partial charge in [-0.05, 0) is 50.3 Å². The van der Waals surface area contributed by atoms with Crippen molar-refractivity contribution >= 4 is 28.7 Å². The molecule has 2 fully saturated rings. The van der Waals surface area contributed by atoms with Gasteiger partial charge in [0.1, 0.15) is 0 Å². The fraction of sp³-hybridized carbons (Fsp3) is 0.500. The molecular formula is C22H27N5O2. The van der Waals surface area contributed by atoms with E-state index in [4.69, 9.17) is 6.42 Å². The lowest BCUT2D eigenvalue weighted by molar-refractivity contribution is -0.120. The van der Waals surface area contributed by atoms with E-state index in [1.165, 1.54) is 5.56 Å². The zero-order chi connectivity index (χ0) is 20.8. The second kappa shape index (κ2) is 7.20. The normalized spacial score (nSPS) is 19.4. The lowest BCUT2D eigenvalue weighted by atomic mass is 9.87. The Morgan fingerprint density at radius 3 is 2.59 bits per heavy atom. The van der Waals surface area contributed by atoms with Gasteiger partial charge in [-0.15, -0.1) is 6.42 Å². The van der Waals surface area contributed by atoms with Crippen molar-refractivity contribution in [1.29, 1.82) is 0 Å². The van der Waals surface area contributed by atoms with E-state index in [2.05, 4.69) is 53.3 Å². The second-order valence-electron chi connectivity index (χ2n) is 8.44. The number of rotatable bonds is 3. The zero-order valence-electron chi connectivity index (χ0n) is 17.2. The molecule has 0 unspecified atom stereocenters. The van der Waals surface area contributed by atoms with E-state index in [0.29, 0.717) is 18.3 Å². The van der Waals surface area contributed by atoms with Crippen LogP contribution >= 0.6 is 0 Å². The highest BCUT2D eigenvalue weighted by Gasteiger charge is 2.31. The van der Waals surface area contributed by atoms with Crippen LogP contribution in [0.15, 0.2) is 18.2 Å². The molecule has 7 nitrogen and oxygen atoms in total. The van der Waals surface area contributed by atoms with E-state index >= 15 is 0 Å². The third kappa shape index (κ3) is 3.49. The number of carbonyl (C=O) groups excluding carboxylic acids is 2. The molecule has 2 aliphatic rings. The van der Waals surface area contributed by atoms with Gasteiger partial charge in [0.15, 0.2) is 5.82 Å². The minimum Gasteiger partial charge on any atom is -0.288 e. The summed E-state index contributed by atoms with van der Waals surface area (Å²) >= 11 is 0. The molecule has 152 valence electrons. The quantitative estimate of drug-likeness (QED) is 0.814. The van der Waals surface area contributed by atoms with E-state index < -0.39 is 6.03 Å². The number of urea groups is 1. The van der Waals surface area contributed by atoms with Crippen LogP contribution in [0.2, 0.25) is 0 Å². The highest BCUT2D eigenvalue weighted by Crippen LogP contribution is 2.34. The average molecular weight is 393 g/mol. The molecule has 0 bridgehead atoms. The standard InChI is InChI=1S/C22H27N5O2/c1-5-22(2,3)26-11-8-15(9-12-26)16-6-7-17-18(14-16)25(4)24-20(17)27-13-10-19(28)23-21(27)29/h1,6-7,14-15H,8-13H2,2-4H3,(H,23,28,29). The summed E-state index contributed by atoms with van der Waals surface area (Å²) < 4.78 is 1.81. The van der Waals surface area contributed by atoms with Gasteiger partial charge in [-0.25, -0.2) is 4.79 Å². The molecule has 0 atom stereocenters. The van der Waals surface area contributed by atoms with Crippen molar-refractivity contribution in [3.63, 3.8) is 0 Å². The molecular weight excluding hydrogens is 366 g/mol. The van der Waals surface area contributed by atoms with Crippen LogP contribution in [0.3, 0.4) is 0 Å². The van der Waals surface area contributed by atoms with Gasteiger partial charge in [0.2, 0.25) is 5.91 Å². The minimum absolute atomic E-state index is 0.206. The lowest BCUT2D eigenvalue weighted by Crippen LogP contribution is -2.49. The molecule has 0 spiro atoms. The van der Waals surface area contributed by atoms with E-state index in [1.54, 1.807) is 4.90 Å². The lowest BCUT2D eigenvalue weighted by Gasteiger charge is -2.40. The van der Waals surface area contributed by atoms with Crippen LogP contribution in [0.5, 0.6) is 0 Å². The molecule has 4 rings (SSSR count). The maximum absolute atomic E-state index is 12.2. The summed E-state index contributed by atoms with van der Waals surface area (Å²) in [6, 6.07) is 5.97. The summed E-state index contributed by atoms with van der Waals surface area (Å²) in [6.45, 7) is 6.51. The number of nitrogens with one attached hydrogen (secondary N) is 1. The van der Waals surface area contributed by atoms with Crippen LogP contribution in [0, 0.1) is 12.3 Å². The number of aryl methyl sites for hydroxylation is 1. The summed E-state index contributed by atoms with van der Waals surface area (Å²) in [6.07, 6.45) is 8.11. The summed E-state index contributed by atoms with van der Waals surface area (Å²) in [7, 11) is 1.89. The van der Waals surface area contributed by atoms with Gasteiger partial charge in [0.05, 0.1) is 11.1 Å². The number of terminal acetylenes is 1. The number of aromatic nitrogens is 2. The Morgan fingerprint density at radius 2 is 1.93 bits per heavy atom. The van der Waals surface area contributed by atoms with Crippen LogP contribution in [-0.4, -0.2) is 51.8 Å². The van der Waals surface area contributed by atoms with Gasteiger partial charge < -0.3 is 0 Å². The maximum atomic E-state index is 12.2. The number of carbonyl (C=O) groups is 2. The molecule has 0 saturated carbocycles. The maximum Gasteiger partial charge on any atom is 0.329 e. The molecule has 3 amide bonds. The van der Waals surface area contributed by atoms with Crippen molar-refractivity contribution in [3.8, 4) is 12.3 Å². The van der Waals surface area contributed by atoms with Gasteiger partial charge in [0.25, 0.3) is 0 Å². The zero-order valence-corrected chi connectivity index (χ0v) is 17.2. The van der Waals surface area contributed by atoms with E-state index in [-0.39, 0.29) is 17.9 Å². The van der Waals surface area contributed by atoms with E-state index in [9.17, 15) is 9.59 Å². The predicted molar refractivity (Wildman–Crippen MR) is 113 cm³/mol. The Balaban J connectivity index is 1.57. The van der Waals surface area contributed by atoms with Crippen LogP contribution in [0.1, 0.15) is 44.6 Å². The predicted octanol–water partition coefficient (Wildman–Crippen LogP) is 2.61. The first-order valence-electron chi connectivity index (χ1n) is 10.1. The molecule has 1 N–H and O–H groups in total. The van der Waals surface area contributed by atoms with Crippen LogP contribution < -0.4 is 10.2 Å². The molecule has 0 aliphatic carbocycles. The number of anilines is 1. The van der Waals surface area contributed by atoms with Crippen molar-refractivity contribution < 1.29 is 9.59 Å². The smallest absolute Gasteiger partial charge is 0.288 e. The number of hydrogen-bond acceptors (Lipinski definition) is 4. The number of imide groups is 1. The Bertz CT molecular complexity index is 1010. The molecule has 2 aromatic rings. The fourth-order valence-corrected chi connectivity index (χ4v) is 4.34. The topological polar surface area (TPSA) is 70.5 Å². The second-order valence-corrected chi connectivity index (χ2v) is 8.44. The minimum atomic E-state index is -0.408. The molecule has 2 aliphatic heterocycles. The highest BCUT2D eigenvalue weighted by molar-refractivity contribution is 6.08. The molecule has 1 aromatic heterocycles. The van der Waals surface area contributed by atoms with Gasteiger partial charge in [-0.3, -0.25) is 24.6 Å². The first-order chi connectivity index (χ1) is 13.8. The van der Waals surface area contributed by atoms with E-state index in [1.807, 2.05) is 11.7 Å². The van der Waals surface area contributed by atoms with Crippen molar-refractivity contribution in [2.45, 2.75) is 44.6 Å². The van der Waals surface area contributed by atoms with Gasteiger partial charge in [-0.2, -0.15) is 5.10 Å². The Labute approximate surface area is 171 Å². The van der Waals surface area contributed by atoms with E-state index in [0.717, 1.165) is 36.8 Å². The molecule has 2 saturated heterocycles. The Hall–Kier alpha value is -2.85. The number of fused-ring (bicyclic) bond motifs is 1. The summed E-state index contributed by atoms with van der Waals surface area (Å²) in [5, 5.41) is 7.86. The number of hydrogen-bond donors (Lipinski definition) is 1. The summed E-state index contributed by atoms with van der Waals surface area (Å²) in [4.78, 5) is 27.6. The molecule has 7 heteroatoms. The van der Waals surface area contributed by atoms with Crippen molar-refractivity contribution in [1.82, 2.24) is 20.0 Å². The number of likely N-dealkylation sites (tertiary alicyclic amines) is 1. The van der Waals surface area contributed by atoms with Gasteiger partial charge in [0, 0.05) is 38.5 Å².